The molecule has 1 radical (unpaired) electrons. The number of aliphatic hydroxyl groups is 1. The maximum Gasteiger partial charge on any atom is 0.162 e. The molecule has 6 aromatic rings. The molecule has 2 heterocycles. The molecule has 6 heteroatoms. The Kier molecular flexibility index (Phi) is 11.8. The first kappa shape index (κ1) is 33.8. The number of fused-ring (bicyclic) bond motifs is 4. The predicted octanol–water partition coefficient (Wildman–Crippen LogP) is 10.1. The summed E-state index contributed by atoms with van der Waals surface area (Å²) < 4.78 is 2.25. The average Bonchev–Trinajstić information content (AvgIpc) is 3.41. The van der Waals surface area contributed by atoms with Gasteiger partial charge in [0, 0.05) is 54.8 Å². The second kappa shape index (κ2) is 15.7. The molecule has 45 heavy (non-hydrogen) atoms. The minimum Gasteiger partial charge on any atom is -0.512 e. The second-order valence-electron chi connectivity index (χ2n) is 11.1. The van der Waals surface area contributed by atoms with Crippen molar-refractivity contribution in [1.29, 1.82) is 0 Å². The van der Waals surface area contributed by atoms with Crippen LogP contribution >= 0.6 is 0 Å². The predicted molar refractivity (Wildman–Crippen MR) is 182 cm³/mol. The maximum absolute atomic E-state index is 11.7. The standard InChI is InChI=1S/C26H16N3.C13H24O2.Ir/c1-2-10-21(11-3-1)29-23-13-7-6-12-22(23)25-26(29)24(27-17-28-25)20-15-14-18-8-4-5-9-19(18)16-20;1-5-10(6-2)12(14)9-13(15)11(7-3)8-4;/h1-15,17H;9-11,14H,5-8H2,1-4H3;/q-1;;/b;12-9-;. The van der Waals surface area contributed by atoms with Crippen molar-refractivity contribution in [2.45, 2.75) is 53.4 Å². The number of aliphatic hydroxyl groups excluding tert-OH is 1. The van der Waals surface area contributed by atoms with Crippen LogP contribution in [0.15, 0.2) is 109 Å². The van der Waals surface area contributed by atoms with Crippen molar-refractivity contribution in [2.24, 2.45) is 11.8 Å². The molecule has 0 aliphatic heterocycles. The molecular formula is C39H40IrN3O2-. The van der Waals surface area contributed by atoms with Gasteiger partial charge in [-0.3, -0.25) is 9.78 Å². The largest absolute Gasteiger partial charge is 0.512 e. The van der Waals surface area contributed by atoms with Gasteiger partial charge in [-0.1, -0.05) is 93.2 Å². The number of carbonyl (C=O) groups is 1. The van der Waals surface area contributed by atoms with Gasteiger partial charge in [0.1, 0.15) is 6.33 Å². The van der Waals surface area contributed by atoms with Gasteiger partial charge >= 0.3 is 0 Å². The fourth-order valence-electron chi connectivity index (χ4n) is 5.85. The van der Waals surface area contributed by atoms with Gasteiger partial charge in [-0.15, -0.1) is 29.7 Å². The van der Waals surface area contributed by atoms with Crippen LogP contribution in [0.2, 0.25) is 0 Å². The van der Waals surface area contributed by atoms with E-state index in [1.165, 1.54) is 11.5 Å². The molecule has 0 unspecified atom stereocenters. The molecule has 1 N–H and O–H groups in total. The van der Waals surface area contributed by atoms with Crippen LogP contribution in [0.5, 0.6) is 0 Å². The number of hydrogen-bond donors (Lipinski definition) is 1. The van der Waals surface area contributed by atoms with E-state index in [9.17, 15) is 9.90 Å². The Hall–Kier alpha value is -4.12. The number of rotatable bonds is 9. The van der Waals surface area contributed by atoms with Crippen LogP contribution in [-0.2, 0) is 24.9 Å². The van der Waals surface area contributed by atoms with E-state index in [2.05, 4.69) is 88.4 Å². The van der Waals surface area contributed by atoms with Crippen molar-refractivity contribution < 1.29 is 30.0 Å². The molecule has 5 nitrogen and oxygen atoms in total. The van der Waals surface area contributed by atoms with Crippen molar-refractivity contribution in [3.05, 3.63) is 115 Å². The normalized spacial score (nSPS) is 11.6. The molecule has 0 atom stereocenters. The van der Waals surface area contributed by atoms with Gasteiger partial charge in [0.15, 0.2) is 5.78 Å². The van der Waals surface area contributed by atoms with Crippen LogP contribution in [0.25, 0.3) is 49.7 Å². The van der Waals surface area contributed by atoms with Crippen molar-refractivity contribution in [2.75, 3.05) is 0 Å². The molecule has 0 aliphatic rings. The summed E-state index contributed by atoms with van der Waals surface area (Å²) in [6.07, 6.45) is 6.56. The van der Waals surface area contributed by atoms with Crippen molar-refractivity contribution in [3.8, 4) is 16.9 Å². The van der Waals surface area contributed by atoms with Crippen LogP contribution in [0, 0.1) is 17.9 Å². The van der Waals surface area contributed by atoms with E-state index in [1.54, 1.807) is 6.33 Å². The van der Waals surface area contributed by atoms with Gasteiger partial charge in [0.05, 0.1) is 22.3 Å². The first-order chi connectivity index (χ1) is 21.5. The van der Waals surface area contributed by atoms with E-state index in [1.807, 2.05) is 45.9 Å². The first-order valence-corrected chi connectivity index (χ1v) is 15.7. The summed E-state index contributed by atoms with van der Waals surface area (Å²) in [5.74, 6) is 0.547. The minimum atomic E-state index is 0. The topological polar surface area (TPSA) is 68.0 Å². The molecule has 2 aromatic heterocycles. The van der Waals surface area contributed by atoms with E-state index in [4.69, 9.17) is 4.98 Å². The SMILES string of the molecule is CCC(CC)C(=O)/C=C(\O)C(CC)CC.[Ir].[c-]1c(-c2ncnc3c4ccccc4n(-c4ccccc4)c23)ccc2ccccc12. The zero-order chi connectivity index (χ0) is 31.1. The third-order valence-electron chi connectivity index (χ3n) is 8.46. The Bertz CT molecular complexity index is 1900. The summed E-state index contributed by atoms with van der Waals surface area (Å²) in [6, 6.07) is 34.8. The summed E-state index contributed by atoms with van der Waals surface area (Å²) in [4.78, 5) is 21.1. The molecular weight excluding hydrogens is 735 g/mol. The molecule has 0 spiro atoms. The van der Waals surface area contributed by atoms with Crippen LogP contribution in [-0.4, -0.2) is 25.4 Å². The third kappa shape index (κ3) is 7.24. The van der Waals surface area contributed by atoms with Gasteiger partial charge in [-0.25, -0.2) is 4.98 Å². The summed E-state index contributed by atoms with van der Waals surface area (Å²) in [5, 5.41) is 13.1. The van der Waals surface area contributed by atoms with E-state index < -0.39 is 0 Å². The quantitative estimate of drug-likeness (QED) is 0.0903. The number of nitrogens with zero attached hydrogens (tertiary/aromatic N) is 3. The molecule has 0 saturated carbocycles. The summed E-state index contributed by atoms with van der Waals surface area (Å²) in [7, 11) is 0. The number of para-hydroxylation sites is 2. The molecule has 0 bridgehead atoms. The Morgan fingerprint density at radius 3 is 2.16 bits per heavy atom. The molecule has 4 aromatic carbocycles. The van der Waals surface area contributed by atoms with Gasteiger partial charge < -0.3 is 9.67 Å². The number of ketones is 1. The Morgan fingerprint density at radius 1 is 0.800 bits per heavy atom. The van der Waals surface area contributed by atoms with Crippen LogP contribution < -0.4 is 0 Å². The summed E-state index contributed by atoms with van der Waals surface area (Å²) in [5.41, 5.74) is 6.03. The van der Waals surface area contributed by atoms with Crippen molar-refractivity contribution >= 4 is 38.5 Å². The Balaban J connectivity index is 0.000000249. The molecule has 0 fully saturated rings. The van der Waals surface area contributed by atoms with E-state index in [-0.39, 0.29) is 43.5 Å². The Morgan fingerprint density at radius 2 is 1.44 bits per heavy atom. The van der Waals surface area contributed by atoms with Crippen LogP contribution in [0.1, 0.15) is 53.4 Å². The van der Waals surface area contributed by atoms with Gasteiger partial charge in [0.2, 0.25) is 0 Å². The van der Waals surface area contributed by atoms with E-state index in [0.717, 1.165) is 70.0 Å². The number of aromatic nitrogens is 3. The monoisotopic (exact) mass is 775 g/mol. The van der Waals surface area contributed by atoms with Crippen molar-refractivity contribution in [1.82, 2.24) is 14.5 Å². The first-order valence-electron chi connectivity index (χ1n) is 15.7. The maximum atomic E-state index is 11.7. The summed E-state index contributed by atoms with van der Waals surface area (Å²) in [6.45, 7) is 8.07. The zero-order valence-electron chi connectivity index (χ0n) is 26.3. The van der Waals surface area contributed by atoms with Gasteiger partial charge in [-0.2, -0.15) is 0 Å². The van der Waals surface area contributed by atoms with Crippen molar-refractivity contribution in [3.63, 3.8) is 0 Å². The molecule has 0 saturated heterocycles. The van der Waals surface area contributed by atoms with Crippen LogP contribution in [0.4, 0.5) is 0 Å². The number of allylic oxidation sites excluding steroid dienone is 2. The molecule has 0 aliphatic carbocycles. The van der Waals surface area contributed by atoms with Gasteiger partial charge in [-0.05, 0) is 43.9 Å². The third-order valence-corrected chi connectivity index (χ3v) is 8.46. The van der Waals surface area contributed by atoms with E-state index in [0.29, 0.717) is 0 Å². The number of carbonyl (C=O) groups excluding carboxylic acids is 1. The molecule has 6 rings (SSSR count). The average molecular weight is 775 g/mol. The Labute approximate surface area is 279 Å². The fourth-order valence-corrected chi connectivity index (χ4v) is 5.85. The fraction of sp³-hybridized carbons (Fsp3) is 0.256. The molecule has 233 valence electrons. The zero-order valence-corrected chi connectivity index (χ0v) is 28.7. The van der Waals surface area contributed by atoms with E-state index >= 15 is 0 Å². The van der Waals surface area contributed by atoms with Gasteiger partial charge in [0.25, 0.3) is 0 Å². The number of benzene rings is 4. The smallest absolute Gasteiger partial charge is 0.162 e. The summed E-state index contributed by atoms with van der Waals surface area (Å²) >= 11 is 0. The minimum absolute atomic E-state index is 0. The molecule has 0 amide bonds. The second-order valence-corrected chi connectivity index (χ2v) is 11.1. The number of hydrogen-bond acceptors (Lipinski definition) is 4. The van der Waals surface area contributed by atoms with Crippen LogP contribution in [0.3, 0.4) is 0 Å².